The largest absolute Gasteiger partial charge is 0.489 e. The predicted octanol–water partition coefficient (Wildman–Crippen LogP) is 9.38. The number of hydrogen-bond acceptors (Lipinski definition) is 5. The molecule has 5 nitrogen and oxygen atoms in total. The van der Waals surface area contributed by atoms with E-state index in [1.807, 2.05) is 97.1 Å². The molecular weight excluding hydrogens is 532 g/mol. The Labute approximate surface area is 249 Å². The van der Waals surface area contributed by atoms with Crippen molar-refractivity contribution in [2.45, 2.75) is 13.2 Å². The van der Waals surface area contributed by atoms with E-state index in [0.29, 0.717) is 13.2 Å². The second-order valence-electron chi connectivity index (χ2n) is 10.6. The van der Waals surface area contributed by atoms with Crippen molar-refractivity contribution in [3.63, 3.8) is 0 Å². The first kappa shape index (κ1) is 25.1. The highest BCUT2D eigenvalue weighted by Gasteiger charge is 2.10. The standard InChI is InChI=1S/C38H26N2O3/c1-13-33-14-2-25(1)23-41-31-17-7-27(8-18-31)35-21-11-29-5-6-30-12-22-36(40-38(30)37(29)39-35)28-9-19-32(20-10-28)42-24-26-3-15-34(43-33)16-4-26/h1-22H,23-24H2. The summed E-state index contributed by atoms with van der Waals surface area (Å²) in [4.78, 5) is 10.2. The quantitative estimate of drug-likeness (QED) is 0.174. The van der Waals surface area contributed by atoms with Crippen molar-refractivity contribution < 1.29 is 14.2 Å². The lowest BCUT2D eigenvalue weighted by Crippen LogP contribution is -1.96. The molecule has 206 valence electrons. The van der Waals surface area contributed by atoms with E-state index >= 15 is 0 Å². The highest BCUT2D eigenvalue weighted by atomic mass is 16.5. The Bertz CT molecular complexity index is 1920. The van der Waals surface area contributed by atoms with Crippen LogP contribution in [-0.2, 0) is 13.2 Å². The Balaban J connectivity index is 1.19. The van der Waals surface area contributed by atoms with Gasteiger partial charge in [0.05, 0.1) is 22.4 Å². The van der Waals surface area contributed by atoms with Crippen LogP contribution >= 0.6 is 0 Å². The molecule has 5 aromatic carbocycles. The van der Waals surface area contributed by atoms with Gasteiger partial charge in [0.15, 0.2) is 0 Å². The molecule has 5 heteroatoms. The van der Waals surface area contributed by atoms with Crippen molar-refractivity contribution in [1.29, 1.82) is 0 Å². The Morgan fingerprint density at radius 3 is 1.16 bits per heavy atom. The molecule has 0 aliphatic carbocycles. The SMILES string of the molecule is c1cc2ccc1COc1ccc(cc1)-c1ccc3ccc4ccc(nc4c3n1)-c1ccc(cc1)OCc1ccc(cc1)O2. The zero-order valence-electron chi connectivity index (χ0n) is 23.2. The van der Waals surface area contributed by atoms with Gasteiger partial charge in [-0.2, -0.15) is 0 Å². The summed E-state index contributed by atoms with van der Waals surface area (Å²) in [5.74, 6) is 3.15. The monoisotopic (exact) mass is 558 g/mol. The van der Waals surface area contributed by atoms with Crippen molar-refractivity contribution >= 4 is 21.8 Å². The van der Waals surface area contributed by atoms with Gasteiger partial charge in [-0.25, -0.2) is 9.97 Å². The van der Waals surface area contributed by atoms with Crippen LogP contribution in [0.1, 0.15) is 11.1 Å². The summed E-state index contributed by atoms with van der Waals surface area (Å²) < 4.78 is 18.2. The molecule has 0 unspecified atom stereocenters. The lowest BCUT2D eigenvalue weighted by atomic mass is 10.1. The topological polar surface area (TPSA) is 53.5 Å². The molecule has 2 aromatic heterocycles. The van der Waals surface area contributed by atoms with Crippen molar-refractivity contribution in [3.8, 4) is 45.5 Å². The van der Waals surface area contributed by atoms with E-state index in [9.17, 15) is 0 Å². The second kappa shape index (κ2) is 10.6. The third-order valence-corrected chi connectivity index (χ3v) is 7.71. The lowest BCUT2D eigenvalue weighted by molar-refractivity contribution is 0.306. The fourth-order valence-corrected chi connectivity index (χ4v) is 5.31. The number of nitrogens with zero attached hydrogens (tertiary/aromatic N) is 2. The summed E-state index contributed by atoms with van der Waals surface area (Å²) in [5, 5.41) is 2.11. The van der Waals surface area contributed by atoms with Crippen LogP contribution in [0.25, 0.3) is 44.3 Å². The minimum Gasteiger partial charge on any atom is -0.489 e. The van der Waals surface area contributed by atoms with Gasteiger partial charge in [-0.05, 0) is 96.1 Å². The van der Waals surface area contributed by atoms with Crippen LogP contribution < -0.4 is 14.2 Å². The second-order valence-corrected chi connectivity index (χ2v) is 10.6. The number of hydrogen-bond donors (Lipinski definition) is 0. The third kappa shape index (κ3) is 5.13. The lowest BCUT2D eigenvalue weighted by Gasteiger charge is -2.10. The van der Waals surface area contributed by atoms with Crippen molar-refractivity contribution in [1.82, 2.24) is 9.97 Å². The maximum Gasteiger partial charge on any atom is 0.127 e. The molecule has 0 fully saturated rings. The van der Waals surface area contributed by atoms with Crippen LogP contribution in [0.4, 0.5) is 0 Å². The van der Waals surface area contributed by atoms with E-state index in [4.69, 9.17) is 24.2 Å². The van der Waals surface area contributed by atoms with Crippen LogP contribution in [0.15, 0.2) is 133 Å². The van der Waals surface area contributed by atoms with Gasteiger partial charge in [-0.15, -0.1) is 0 Å². The highest BCUT2D eigenvalue weighted by molar-refractivity contribution is 6.04. The minimum atomic E-state index is 0.463. The van der Waals surface area contributed by atoms with Crippen LogP contribution in [0.5, 0.6) is 23.0 Å². The van der Waals surface area contributed by atoms with Gasteiger partial charge in [-0.1, -0.05) is 48.5 Å². The fourth-order valence-electron chi connectivity index (χ4n) is 5.31. The molecule has 0 spiro atoms. The molecule has 0 radical (unpaired) electrons. The third-order valence-electron chi connectivity index (χ3n) is 7.71. The molecule has 12 bridgehead atoms. The molecular formula is C38H26N2O3. The molecule has 7 aromatic rings. The van der Waals surface area contributed by atoms with E-state index in [2.05, 4.69) is 36.4 Å². The van der Waals surface area contributed by atoms with Crippen LogP contribution in [0.3, 0.4) is 0 Å². The van der Waals surface area contributed by atoms with E-state index in [0.717, 1.165) is 78.4 Å². The van der Waals surface area contributed by atoms with Crippen molar-refractivity contribution in [3.05, 3.63) is 145 Å². The zero-order chi connectivity index (χ0) is 28.6. The van der Waals surface area contributed by atoms with Crippen molar-refractivity contribution in [2.24, 2.45) is 0 Å². The first-order valence-corrected chi connectivity index (χ1v) is 14.3. The number of benzene rings is 5. The molecule has 0 amide bonds. The average molecular weight is 559 g/mol. The Morgan fingerprint density at radius 2 is 0.744 bits per heavy atom. The molecule has 8 aliphatic rings. The normalized spacial score (nSPS) is 12.6. The summed E-state index contributed by atoms with van der Waals surface area (Å²) in [7, 11) is 0. The number of rotatable bonds is 0. The first-order chi connectivity index (χ1) is 21.2. The number of aromatic nitrogens is 2. The molecule has 10 heterocycles. The zero-order valence-corrected chi connectivity index (χ0v) is 23.2. The summed E-state index contributed by atoms with van der Waals surface area (Å²) >= 11 is 0. The van der Waals surface area contributed by atoms with Gasteiger partial charge in [0.1, 0.15) is 36.2 Å². The summed E-state index contributed by atoms with van der Waals surface area (Å²) in [6.07, 6.45) is 0. The Morgan fingerprint density at radius 1 is 0.372 bits per heavy atom. The first-order valence-electron chi connectivity index (χ1n) is 14.3. The van der Waals surface area contributed by atoms with E-state index in [-0.39, 0.29) is 0 Å². The van der Waals surface area contributed by atoms with Gasteiger partial charge in [0.25, 0.3) is 0 Å². The molecule has 0 saturated heterocycles. The van der Waals surface area contributed by atoms with E-state index in [1.54, 1.807) is 0 Å². The van der Waals surface area contributed by atoms with E-state index in [1.165, 1.54) is 0 Å². The molecule has 43 heavy (non-hydrogen) atoms. The molecule has 8 aliphatic heterocycles. The molecule has 0 saturated carbocycles. The fraction of sp³-hybridized carbons (Fsp3) is 0.0526. The summed E-state index contributed by atoms with van der Waals surface area (Å²) in [6.45, 7) is 0.925. The van der Waals surface area contributed by atoms with Crippen molar-refractivity contribution in [2.75, 3.05) is 0 Å². The predicted molar refractivity (Wildman–Crippen MR) is 170 cm³/mol. The summed E-state index contributed by atoms with van der Waals surface area (Å²) in [6, 6.07) is 44.6. The van der Waals surface area contributed by atoms with Gasteiger partial charge in [-0.3, -0.25) is 0 Å². The maximum atomic E-state index is 6.07. The number of pyridine rings is 2. The van der Waals surface area contributed by atoms with Gasteiger partial charge < -0.3 is 14.2 Å². The summed E-state index contributed by atoms with van der Waals surface area (Å²) in [5.41, 5.74) is 7.70. The van der Waals surface area contributed by atoms with Crippen LogP contribution in [0.2, 0.25) is 0 Å². The minimum absolute atomic E-state index is 0.463. The van der Waals surface area contributed by atoms with Gasteiger partial charge in [0, 0.05) is 21.9 Å². The Hall–Kier alpha value is -5.68. The average Bonchev–Trinajstić information content (AvgIpc) is 3.07. The van der Waals surface area contributed by atoms with Crippen LogP contribution in [0, 0.1) is 0 Å². The highest BCUT2D eigenvalue weighted by Crippen LogP contribution is 2.30. The number of ether oxygens (including phenoxy) is 3. The van der Waals surface area contributed by atoms with E-state index < -0.39 is 0 Å². The molecule has 0 atom stereocenters. The molecule has 0 N–H and O–H groups in total. The maximum absolute atomic E-state index is 6.07. The van der Waals surface area contributed by atoms with Crippen LogP contribution in [-0.4, -0.2) is 9.97 Å². The molecule has 15 rings (SSSR count). The van der Waals surface area contributed by atoms with Gasteiger partial charge >= 0.3 is 0 Å². The smallest absolute Gasteiger partial charge is 0.127 e. The van der Waals surface area contributed by atoms with Gasteiger partial charge in [0.2, 0.25) is 0 Å². The Kier molecular flexibility index (Phi) is 6.19.